The van der Waals surface area contributed by atoms with Crippen LogP contribution in [0.15, 0.2) is 12.2 Å². The number of carbonyl (C=O) groups excluding carboxylic acids is 1. The third-order valence-corrected chi connectivity index (χ3v) is 3.05. The van der Waals surface area contributed by atoms with E-state index in [9.17, 15) is 14.7 Å². The van der Waals surface area contributed by atoms with Gasteiger partial charge in [0.2, 0.25) is 5.91 Å². The average Bonchev–Trinajstić information content (AvgIpc) is 2.62. The molecule has 4 nitrogen and oxygen atoms in total. The molecule has 0 aromatic rings. The summed E-state index contributed by atoms with van der Waals surface area (Å²) in [5.74, 6) is -1.08. The third-order valence-electron chi connectivity index (χ3n) is 3.05. The summed E-state index contributed by atoms with van der Waals surface area (Å²) in [5, 5.41) is 9.23. The normalized spacial score (nSPS) is 26.1. The molecular formula is C11H17NO3. The first-order chi connectivity index (χ1) is 7.08. The Morgan fingerprint density at radius 3 is 2.67 bits per heavy atom. The number of carboxylic acid groups (broad SMARTS) is 1. The van der Waals surface area contributed by atoms with Crippen LogP contribution in [0.4, 0.5) is 0 Å². The number of amides is 1. The maximum atomic E-state index is 11.7. The van der Waals surface area contributed by atoms with Crippen LogP contribution < -0.4 is 0 Å². The first-order valence-corrected chi connectivity index (χ1v) is 5.26. The number of likely N-dealkylation sites (tertiary alicyclic amines) is 1. The Morgan fingerprint density at radius 1 is 1.53 bits per heavy atom. The smallest absolute Gasteiger partial charge is 0.329 e. The molecule has 0 aromatic heterocycles. The number of rotatable bonds is 3. The van der Waals surface area contributed by atoms with E-state index < -0.39 is 11.5 Å². The number of carboxylic acids is 1. The van der Waals surface area contributed by atoms with E-state index in [1.54, 1.807) is 13.0 Å². The van der Waals surface area contributed by atoms with Crippen LogP contribution in [0.5, 0.6) is 0 Å². The van der Waals surface area contributed by atoms with Gasteiger partial charge in [0.05, 0.1) is 0 Å². The minimum atomic E-state index is -0.976. The monoisotopic (exact) mass is 211 g/mol. The fraction of sp³-hybridized carbons (Fsp3) is 0.636. The summed E-state index contributed by atoms with van der Waals surface area (Å²) in [6.07, 6.45) is 4.86. The van der Waals surface area contributed by atoms with Crippen molar-refractivity contribution < 1.29 is 14.7 Å². The summed E-state index contributed by atoms with van der Waals surface area (Å²) in [5.41, 5.74) is -0.976. The molecule has 1 N–H and O–H groups in total. The van der Waals surface area contributed by atoms with Crippen LogP contribution in [0, 0.1) is 0 Å². The summed E-state index contributed by atoms with van der Waals surface area (Å²) in [6.45, 7) is 4.11. The molecule has 1 saturated heterocycles. The van der Waals surface area contributed by atoms with E-state index in [1.165, 1.54) is 11.0 Å². The molecule has 84 valence electrons. The first-order valence-electron chi connectivity index (χ1n) is 5.26. The molecule has 1 unspecified atom stereocenters. The van der Waals surface area contributed by atoms with Gasteiger partial charge >= 0.3 is 5.97 Å². The average molecular weight is 211 g/mol. The van der Waals surface area contributed by atoms with Crippen molar-refractivity contribution in [1.82, 2.24) is 4.90 Å². The molecule has 1 fully saturated rings. The molecule has 1 atom stereocenters. The van der Waals surface area contributed by atoms with Crippen LogP contribution in [0.1, 0.15) is 33.1 Å². The van der Waals surface area contributed by atoms with Crippen LogP contribution >= 0.6 is 0 Å². The molecule has 15 heavy (non-hydrogen) atoms. The van der Waals surface area contributed by atoms with E-state index in [-0.39, 0.29) is 5.91 Å². The van der Waals surface area contributed by atoms with Gasteiger partial charge in [-0.15, -0.1) is 0 Å². The third kappa shape index (κ3) is 1.89. The summed E-state index contributed by atoms with van der Waals surface area (Å²) in [6, 6.07) is 0. The van der Waals surface area contributed by atoms with Gasteiger partial charge in [0.1, 0.15) is 5.54 Å². The molecule has 4 heteroatoms. The number of nitrogens with zero attached hydrogens (tertiary/aromatic N) is 1. The van der Waals surface area contributed by atoms with Crippen LogP contribution in [-0.4, -0.2) is 34.0 Å². The highest BCUT2D eigenvalue weighted by atomic mass is 16.4. The van der Waals surface area contributed by atoms with Gasteiger partial charge in [-0.3, -0.25) is 4.79 Å². The van der Waals surface area contributed by atoms with Gasteiger partial charge in [-0.25, -0.2) is 4.79 Å². The predicted molar refractivity (Wildman–Crippen MR) is 56.4 cm³/mol. The van der Waals surface area contributed by atoms with Crippen molar-refractivity contribution in [3.05, 3.63) is 12.2 Å². The lowest BCUT2D eigenvalue weighted by atomic mass is 9.93. The van der Waals surface area contributed by atoms with Crippen molar-refractivity contribution in [1.29, 1.82) is 0 Å². The minimum absolute atomic E-state index is 0.195. The molecule has 1 rings (SSSR count). The standard InChI is InChI=1S/C11H17NO3/c1-3-6-9(13)12-8-5-7-11(12,4-2)10(14)15/h3,6H,4-5,7-8H2,1-2H3,(H,14,15)/b6-3+. The number of allylic oxidation sites excluding steroid dienone is 1. The lowest BCUT2D eigenvalue weighted by Crippen LogP contribution is -2.52. The number of aliphatic carboxylic acids is 1. The second-order valence-electron chi connectivity index (χ2n) is 3.78. The summed E-state index contributed by atoms with van der Waals surface area (Å²) in [7, 11) is 0. The van der Waals surface area contributed by atoms with Gasteiger partial charge < -0.3 is 10.0 Å². The molecule has 0 saturated carbocycles. The Hall–Kier alpha value is -1.32. The lowest BCUT2D eigenvalue weighted by molar-refractivity contribution is -0.155. The summed E-state index contributed by atoms with van der Waals surface area (Å²) in [4.78, 5) is 24.4. The van der Waals surface area contributed by atoms with Gasteiger partial charge in [0.15, 0.2) is 0 Å². The maximum Gasteiger partial charge on any atom is 0.329 e. The quantitative estimate of drug-likeness (QED) is 0.718. The Bertz CT molecular complexity index is 298. The molecule has 0 aromatic carbocycles. The molecule has 1 aliphatic rings. The largest absolute Gasteiger partial charge is 0.479 e. The van der Waals surface area contributed by atoms with E-state index in [4.69, 9.17) is 0 Å². The molecule has 0 aliphatic carbocycles. The van der Waals surface area contributed by atoms with Crippen molar-refractivity contribution in [3.63, 3.8) is 0 Å². The SMILES string of the molecule is C/C=C/C(=O)N1CCCC1(CC)C(=O)O. The molecular weight excluding hydrogens is 194 g/mol. The zero-order valence-corrected chi connectivity index (χ0v) is 9.19. The van der Waals surface area contributed by atoms with E-state index in [2.05, 4.69) is 0 Å². The number of hydrogen-bond acceptors (Lipinski definition) is 2. The van der Waals surface area contributed by atoms with E-state index >= 15 is 0 Å². The van der Waals surface area contributed by atoms with Gasteiger partial charge in [-0.2, -0.15) is 0 Å². The van der Waals surface area contributed by atoms with Crippen molar-refractivity contribution in [2.45, 2.75) is 38.6 Å². The summed E-state index contributed by atoms with van der Waals surface area (Å²) < 4.78 is 0. The van der Waals surface area contributed by atoms with Crippen LogP contribution in [-0.2, 0) is 9.59 Å². The van der Waals surface area contributed by atoms with E-state index in [0.29, 0.717) is 19.4 Å². The van der Waals surface area contributed by atoms with Crippen molar-refractivity contribution in [3.8, 4) is 0 Å². The fourth-order valence-corrected chi connectivity index (χ4v) is 2.17. The van der Waals surface area contributed by atoms with E-state index in [0.717, 1.165) is 6.42 Å². The number of carbonyl (C=O) groups is 2. The topological polar surface area (TPSA) is 57.6 Å². The highest BCUT2D eigenvalue weighted by Gasteiger charge is 2.47. The van der Waals surface area contributed by atoms with Crippen molar-refractivity contribution in [2.24, 2.45) is 0 Å². The fourth-order valence-electron chi connectivity index (χ4n) is 2.17. The Kier molecular flexibility index (Phi) is 3.50. The second-order valence-corrected chi connectivity index (χ2v) is 3.78. The maximum absolute atomic E-state index is 11.7. The Morgan fingerprint density at radius 2 is 2.20 bits per heavy atom. The number of hydrogen-bond donors (Lipinski definition) is 1. The highest BCUT2D eigenvalue weighted by molar-refractivity contribution is 5.93. The zero-order chi connectivity index (χ0) is 11.5. The van der Waals surface area contributed by atoms with Gasteiger partial charge in [0, 0.05) is 6.54 Å². The predicted octanol–water partition coefficient (Wildman–Crippen LogP) is 1.42. The van der Waals surface area contributed by atoms with Crippen molar-refractivity contribution in [2.75, 3.05) is 6.54 Å². The van der Waals surface area contributed by atoms with Gasteiger partial charge in [0.25, 0.3) is 0 Å². The molecule has 0 bridgehead atoms. The Labute approximate surface area is 89.6 Å². The first kappa shape index (κ1) is 11.8. The molecule has 1 aliphatic heterocycles. The van der Waals surface area contributed by atoms with Crippen LogP contribution in [0.25, 0.3) is 0 Å². The molecule has 1 amide bonds. The molecule has 0 radical (unpaired) electrons. The van der Waals surface area contributed by atoms with Crippen LogP contribution in [0.3, 0.4) is 0 Å². The highest BCUT2D eigenvalue weighted by Crippen LogP contribution is 2.32. The zero-order valence-electron chi connectivity index (χ0n) is 9.19. The van der Waals surface area contributed by atoms with E-state index in [1.807, 2.05) is 6.92 Å². The van der Waals surface area contributed by atoms with Crippen molar-refractivity contribution >= 4 is 11.9 Å². The van der Waals surface area contributed by atoms with Gasteiger partial charge in [-0.1, -0.05) is 13.0 Å². The molecule has 1 heterocycles. The van der Waals surface area contributed by atoms with Crippen LogP contribution in [0.2, 0.25) is 0 Å². The minimum Gasteiger partial charge on any atom is -0.479 e. The lowest BCUT2D eigenvalue weighted by Gasteiger charge is -2.33. The van der Waals surface area contributed by atoms with Gasteiger partial charge in [-0.05, 0) is 32.3 Å². The second kappa shape index (κ2) is 4.47. The summed E-state index contributed by atoms with van der Waals surface area (Å²) >= 11 is 0. The Balaban J connectivity index is 2.97. The molecule has 0 spiro atoms.